The highest BCUT2D eigenvalue weighted by Crippen LogP contribution is 2.29. The Kier molecular flexibility index (Phi) is 5.80. The molecule has 0 N–H and O–H groups in total. The van der Waals surface area contributed by atoms with Crippen molar-refractivity contribution in [3.8, 4) is 5.75 Å². The molecule has 5 heteroatoms. The van der Waals surface area contributed by atoms with Crippen LogP contribution in [0.5, 0.6) is 5.75 Å². The van der Waals surface area contributed by atoms with E-state index in [1.807, 2.05) is 78.9 Å². The maximum Gasteiger partial charge on any atom is 0.279 e. The second-order valence-corrected chi connectivity index (χ2v) is 6.73. The number of para-hydroxylation sites is 2. The molecule has 0 atom stereocenters. The van der Waals surface area contributed by atoms with E-state index in [0.29, 0.717) is 24.6 Å². The van der Waals surface area contributed by atoms with Gasteiger partial charge in [-0.3, -0.25) is 4.79 Å². The third-order valence-electron chi connectivity index (χ3n) is 4.72. The Morgan fingerprint density at radius 1 is 0.933 bits per heavy atom. The molecule has 0 radical (unpaired) electrons. The SMILES string of the molecule is C=CCN1C(=O)/C(=N/N=C\c2ccccc2OCc2ccccc2)c2ccccc21. The Hall–Kier alpha value is -3.99. The molecule has 3 aromatic rings. The minimum Gasteiger partial charge on any atom is -0.488 e. The number of ether oxygens (including phenoxy) is 1. The fourth-order valence-corrected chi connectivity index (χ4v) is 3.27. The van der Waals surface area contributed by atoms with Gasteiger partial charge in [0, 0.05) is 17.7 Å². The molecular formula is C25H21N3O2. The molecule has 1 amide bonds. The van der Waals surface area contributed by atoms with Crippen molar-refractivity contribution in [3.05, 3.63) is 108 Å². The van der Waals surface area contributed by atoms with Gasteiger partial charge in [-0.05, 0) is 23.8 Å². The van der Waals surface area contributed by atoms with Crippen molar-refractivity contribution in [2.75, 3.05) is 11.4 Å². The highest BCUT2D eigenvalue weighted by Gasteiger charge is 2.32. The number of anilines is 1. The van der Waals surface area contributed by atoms with Crippen molar-refractivity contribution in [2.45, 2.75) is 6.61 Å². The Morgan fingerprint density at radius 3 is 2.50 bits per heavy atom. The van der Waals surface area contributed by atoms with E-state index < -0.39 is 0 Å². The lowest BCUT2D eigenvalue weighted by molar-refractivity contribution is -0.112. The molecule has 0 aliphatic carbocycles. The van der Waals surface area contributed by atoms with E-state index in [1.54, 1.807) is 17.2 Å². The standard InChI is InChI=1S/C25H21N3O2/c1-2-16-28-22-14-8-7-13-21(22)24(25(28)29)27-26-17-20-12-6-9-15-23(20)30-18-19-10-4-3-5-11-19/h2-15,17H,1,16,18H2/b26-17-,27-24+. The monoisotopic (exact) mass is 395 g/mol. The number of carbonyl (C=O) groups is 1. The molecular weight excluding hydrogens is 374 g/mol. The van der Waals surface area contributed by atoms with Crippen LogP contribution in [0.25, 0.3) is 0 Å². The Bertz CT molecular complexity index is 1120. The van der Waals surface area contributed by atoms with Crippen LogP contribution in [0, 0.1) is 0 Å². The van der Waals surface area contributed by atoms with Crippen LogP contribution < -0.4 is 9.64 Å². The molecule has 0 saturated carbocycles. The molecule has 0 saturated heterocycles. The van der Waals surface area contributed by atoms with Crippen molar-refractivity contribution in [1.82, 2.24) is 0 Å². The first-order valence-corrected chi connectivity index (χ1v) is 9.67. The summed E-state index contributed by atoms with van der Waals surface area (Å²) in [6, 6.07) is 25.1. The maximum atomic E-state index is 12.8. The summed E-state index contributed by atoms with van der Waals surface area (Å²) in [6.07, 6.45) is 3.31. The van der Waals surface area contributed by atoms with Gasteiger partial charge in [0.25, 0.3) is 5.91 Å². The van der Waals surface area contributed by atoms with Gasteiger partial charge in [-0.1, -0.05) is 66.7 Å². The van der Waals surface area contributed by atoms with Gasteiger partial charge in [-0.15, -0.1) is 11.7 Å². The number of rotatable bonds is 7. The molecule has 5 nitrogen and oxygen atoms in total. The molecule has 0 unspecified atom stereocenters. The number of carbonyl (C=O) groups excluding carboxylic acids is 1. The summed E-state index contributed by atoms with van der Waals surface area (Å²) >= 11 is 0. The topological polar surface area (TPSA) is 54.3 Å². The molecule has 1 aliphatic heterocycles. The van der Waals surface area contributed by atoms with Crippen LogP contribution in [0.15, 0.2) is 102 Å². The molecule has 4 rings (SSSR count). The van der Waals surface area contributed by atoms with Gasteiger partial charge in [0.1, 0.15) is 12.4 Å². The van der Waals surface area contributed by atoms with Gasteiger partial charge < -0.3 is 9.64 Å². The summed E-state index contributed by atoms with van der Waals surface area (Å²) in [6.45, 7) is 4.62. The van der Waals surface area contributed by atoms with E-state index in [-0.39, 0.29) is 5.91 Å². The smallest absolute Gasteiger partial charge is 0.279 e. The van der Waals surface area contributed by atoms with Crippen LogP contribution >= 0.6 is 0 Å². The van der Waals surface area contributed by atoms with Crippen molar-refractivity contribution in [3.63, 3.8) is 0 Å². The third-order valence-corrected chi connectivity index (χ3v) is 4.72. The second kappa shape index (κ2) is 9.01. The zero-order valence-electron chi connectivity index (χ0n) is 16.4. The molecule has 3 aromatic carbocycles. The highest BCUT2D eigenvalue weighted by molar-refractivity contribution is 6.54. The number of hydrogen-bond donors (Lipinski definition) is 0. The average molecular weight is 395 g/mol. The van der Waals surface area contributed by atoms with Gasteiger partial charge in [0.2, 0.25) is 0 Å². The molecule has 0 bridgehead atoms. The van der Waals surface area contributed by atoms with Gasteiger partial charge in [-0.25, -0.2) is 0 Å². The number of nitrogens with zero attached hydrogens (tertiary/aromatic N) is 3. The molecule has 0 fully saturated rings. The fourth-order valence-electron chi connectivity index (χ4n) is 3.27. The highest BCUT2D eigenvalue weighted by atomic mass is 16.5. The number of fused-ring (bicyclic) bond motifs is 1. The van der Waals surface area contributed by atoms with E-state index >= 15 is 0 Å². The minimum atomic E-state index is -0.179. The number of benzene rings is 3. The van der Waals surface area contributed by atoms with Gasteiger partial charge >= 0.3 is 0 Å². The van der Waals surface area contributed by atoms with E-state index in [1.165, 1.54) is 0 Å². The van der Waals surface area contributed by atoms with E-state index in [9.17, 15) is 4.79 Å². The van der Waals surface area contributed by atoms with Crippen LogP contribution in [0.4, 0.5) is 5.69 Å². The molecule has 1 aliphatic rings. The lowest BCUT2D eigenvalue weighted by atomic mass is 10.1. The summed E-state index contributed by atoms with van der Waals surface area (Å²) in [5.41, 5.74) is 3.80. The third kappa shape index (κ3) is 4.05. The van der Waals surface area contributed by atoms with Gasteiger partial charge in [0.05, 0.1) is 11.9 Å². The largest absolute Gasteiger partial charge is 0.488 e. The molecule has 0 spiro atoms. The lowest BCUT2D eigenvalue weighted by Gasteiger charge is -2.13. The van der Waals surface area contributed by atoms with E-state index in [2.05, 4.69) is 16.8 Å². The summed E-state index contributed by atoms with van der Waals surface area (Å²) < 4.78 is 5.95. The van der Waals surface area contributed by atoms with Crippen molar-refractivity contribution < 1.29 is 9.53 Å². The molecule has 0 aromatic heterocycles. The maximum absolute atomic E-state index is 12.8. The predicted molar refractivity (Wildman–Crippen MR) is 120 cm³/mol. The average Bonchev–Trinajstić information content (AvgIpc) is 3.05. The summed E-state index contributed by atoms with van der Waals surface area (Å²) in [5, 5.41) is 8.43. The molecule has 30 heavy (non-hydrogen) atoms. The first-order valence-electron chi connectivity index (χ1n) is 9.67. The zero-order chi connectivity index (χ0) is 20.8. The Balaban J connectivity index is 1.55. The summed E-state index contributed by atoms with van der Waals surface area (Å²) in [7, 11) is 0. The fraction of sp³-hybridized carbons (Fsp3) is 0.0800. The van der Waals surface area contributed by atoms with E-state index in [0.717, 1.165) is 22.4 Å². The normalized spacial score (nSPS) is 14.3. The minimum absolute atomic E-state index is 0.179. The van der Waals surface area contributed by atoms with Gasteiger partial charge in [0.15, 0.2) is 5.71 Å². The van der Waals surface area contributed by atoms with Crippen LogP contribution in [0.1, 0.15) is 16.7 Å². The van der Waals surface area contributed by atoms with Crippen LogP contribution in [0.3, 0.4) is 0 Å². The Morgan fingerprint density at radius 2 is 1.67 bits per heavy atom. The van der Waals surface area contributed by atoms with Crippen LogP contribution in [-0.4, -0.2) is 24.4 Å². The summed E-state index contributed by atoms with van der Waals surface area (Å²) in [5.74, 6) is 0.526. The number of hydrogen-bond acceptors (Lipinski definition) is 4. The van der Waals surface area contributed by atoms with Crippen LogP contribution in [-0.2, 0) is 11.4 Å². The van der Waals surface area contributed by atoms with Gasteiger partial charge in [-0.2, -0.15) is 5.10 Å². The first kappa shape index (κ1) is 19.3. The zero-order valence-corrected chi connectivity index (χ0v) is 16.4. The molecule has 1 heterocycles. The quantitative estimate of drug-likeness (QED) is 0.333. The van der Waals surface area contributed by atoms with Crippen LogP contribution in [0.2, 0.25) is 0 Å². The Labute approximate surface area is 175 Å². The lowest BCUT2D eigenvalue weighted by Crippen LogP contribution is -2.30. The summed E-state index contributed by atoms with van der Waals surface area (Å²) in [4.78, 5) is 14.4. The first-order chi connectivity index (χ1) is 14.8. The number of amides is 1. The van der Waals surface area contributed by atoms with E-state index in [4.69, 9.17) is 4.74 Å². The van der Waals surface area contributed by atoms with Crippen molar-refractivity contribution >= 4 is 23.5 Å². The van der Waals surface area contributed by atoms with Crippen molar-refractivity contribution in [2.24, 2.45) is 10.2 Å². The predicted octanol–water partition coefficient (Wildman–Crippen LogP) is 4.62. The van der Waals surface area contributed by atoms with Crippen molar-refractivity contribution in [1.29, 1.82) is 0 Å². The second-order valence-electron chi connectivity index (χ2n) is 6.73. The molecule has 148 valence electrons.